The van der Waals surface area contributed by atoms with Crippen LogP contribution in [0.15, 0.2) is 70.5 Å². The molecule has 1 aromatic carbocycles. The number of hydrogen-bond acceptors (Lipinski definition) is 8. The van der Waals surface area contributed by atoms with Gasteiger partial charge >= 0.3 is 0 Å². The number of aromatic nitrogens is 5. The van der Waals surface area contributed by atoms with Gasteiger partial charge in [-0.1, -0.05) is 11.2 Å². The molecule has 1 N–H and O–H groups in total. The van der Waals surface area contributed by atoms with E-state index in [0.29, 0.717) is 23.1 Å². The summed E-state index contributed by atoms with van der Waals surface area (Å²) in [5.41, 5.74) is 1.17. The molecule has 0 atom stereocenters. The van der Waals surface area contributed by atoms with E-state index in [1.165, 1.54) is 13.2 Å². The standard InChI is InChI=1S/C19H18N6O4S/c1-28-16-7-6-14(25-12-4-10-21-25)13-17(16)30(26,27)22-11-8-18-23-19(24-29-18)15-5-2-3-9-20-15/h2-7,9-10,12-13,22H,8,11H2,1H3. The molecule has 11 heteroatoms. The summed E-state index contributed by atoms with van der Waals surface area (Å²) in [7, 11) is -2.43. The third kappa shape index (κ3) is 4.21. The first-order valence-corrected chi connectivity index (χ1v) is 10.5. The van der Waals surface area contributed by atoms with Gasteiger partial charge in [0.2, 0.25) is 21.7 Å². The van der Waals surface area contributed by atoms with Gasteiger partial charge in [-0.25, -0.2) is 17.8 Å². The van der Waals surface area contributed by atoms with Crippen LogP contribution in [0.3, 0.4) is 0 Å². The summed E-state index contributed by atoms with van der Waals surface area (Å²) >= 11 is 0. The van der Waals surface area contributed by atoms with Gasteiger partial charge in [0.1, 0.15) is 16.3 Å². The molecule has 0 aliphatic heterocycles. The maximum absolute atomic E-state index is 12.9. The van der Waals surface area contributed by atoms with Gasteiger partial charge in [-0.3, -0.25) is 4.98 Å². The highest BCUT2D eigenvalue weighted by molar-refractivity contribution is 7.89. The maximum atomic E-state index is 12.9. The van der Waals surface area contributed by atoms with Crippen molar-refractivity contribution < 1.29 is 17.7 Å². The summed E-state index contributed by atoms with van der Waals surface area (Å²) in [5, 5.41) is 7.99. The first-order valence-electron chi connectivity index (χ1n) is 8.98. The van der Waals surface area contributed by atoms with Crippen LogP contribution in [0.5, 0.6) is 5.75 Å². The van der Waals surface area contributed by atoms with E-state index in [9.17, 15) is 8.42 Å². The molecular formula is C19H18N6O4S. The Bertz CT molecular complexity index is 1220. The number of nitrogens with zero attached hydrogens (tertiary/aromatic N) is 5. The molecule has 0 aliphatic rings. The minimum Gasteiger partial charge on any atom is -0.495 e. The van der Waals surface area contributed by atoms with Crippen LogP contribution in [0.2, 0.25) is 0 Å². The van der Waals surface area contributed by atoms with Gasteiger partial charge in [-0.05, 0) is 36.4 Å². The van der Waals surface area contributed by atoms with Crippen LogP contribution in [0, 0.1) is 0 Å². The van der Waals surface area contributed by atoms with Crippen molar-refractivity contribution in [3.63, 3.8) is 0 Å². The van der Waals surface area contributed by atoms with Crippen LogP contribution in [-0.4, -0.2) is 47.0 Å². The summed E-state index contributed by atoms with van der Waals surface area (Å²) in [6.45, 7) is 0.0708. The predicted octanol–water partition coefficient (Wildman–Crippen LogP) is 1.85. The second-order valence-corrected chi connectivity index (χ2v) is 7.90. The van der Waals surface area contributed by atoms with Crippen LogP contribution in [-0.2, 0) is 16.4 Å². The Morgan fingerprint density at radius 1 is 1.17 bits per heavy atom. The fourth-order valence-electron chi connectivity index (χ4n) is 2.77. The van der Waals surface area contributed by atoms with Gasteiger partial charge in [0.15, 0.2) is 0 Å². The minimum atomic E-state index is -3.85. The van der Waals surface area contributed by atoms with Crippen molar-refractivity contribution in [2.75, 3.05) is 13.7 Å². The van der Waals surface area contributed by atoms with Crippen molar-refractivity contribution in [1.82, 2.24) is 29.6 Å². The lowest BCUT2D eigenvalue weighted by atomic mass is 10.3. The van der Waals surface area contributed by atoms with Crippen molar-refractivity contribution in [2.45, 2.75) is 11.3 Å². The van der Waals surface area contributed by atoms with E-state index in [0.717, 1.165) is 0 Å². The molecule has 3 heterocycles. The summed E-state index contributed by atoms with van der Waals surface area (Å²) in [4.78, 5) is 8.41. The van der Waals surface area contributed by atoms with Crippen molar-refractivity contribution in [3.05, 3.63) is 66.9 Å². The van der Waals surface area contributed by atoms with E-state index in [1.807, 2.05) is 6.07 Å². The fraction of sp³-hybridized carbons (Fsp3) is 0.158. The van der Waals surface area contributed by atoms with Crippen molar-refractivity contribution >= 4 is 10.0 Å². The van der Waals surface area contributed by atoms with Crippen LogP contribution in [0.4, 0.5) is 0 Å². The van der Waals surface area contributed by atoms with Gasteiger partial charge in [0, 0.05) is 31.6 Å². The Hall–Kier alpha value is -3.57. The monoisotopic (exact) mass is 426 g/mol. The Labute approximate surface area is 172 Å². The highest BCUT2D eigenvalue weighted by Crippen LogP contribution is 2.26. The molecule has 30 heavy (non-hydrogen) atoms. The number of benzene rings is 1. The molecule has 0 radical (unpaired) electrons. The third-order valence-electron chi connectivity index (χ3n) is 4.20. The number of nitrogens with one attached hydrogen (secondary N) is 1. The lowest BCUT2D eigenvalue weighted by Gasteiger charge is -2.12. The van der Waals surface area contributed by atoms with Crippen LogP contribution in [0.1, 0.15) is 5.89 Å². The minimum absolute atomic E-state index is 0.0118. The van der Waals surface area contributed by atoms with Gasteiger partial charge in [0.25, 0.3) is 0 Å². The number of pyridine rings is 1. The van der Waals surface area contributed by atoms with Crippen molar-refractivity contribution in [2.24, 2.45) is 0 Å². The molecule has 0 saturated carbocycles. The lowest BCUT2D eigenvalue weighted by Crippen LogP contribution is -2.26. The smallest absolute Gasteiger partial charge is 0.244 e. The molecular weight excluding hydrogens is 408 g/mol. The summed E-state index contributed by atoms with van der Waals surface area (Å²) in [6, 6.07) is 11.9. The molecule has 0 unspecified atom stereocenters. The highest BCUT2D eigenvalue weighted by Gasteiger charge is 2.21. The molecule has 4 rings (SSSR count). The van der Waals surface area contributed by atoms with E-state index in [1.54, 1.807) is 53.6 Å². The summed E-state index contributed by atoms with van der Waals surface area (Å²) in [6.07, 6.45) is 5.19. The van der Waals surface area contributed by atoms with E-state index < -0.39 is 10.0 Å². The van der Waals surface area contributed by atoms with Crippen LogP contribution >= 0.6 is 0 Å². The van der Waals surface area contributed by atoms with Crippen molar-refractivity contribution in [3.8, 4) is 23.0 Å². The first kappa shape index (κ1) is 19.7. The summed E-state index contributed by atoms with van der Waals surface area (Å²) in [5.74, 6) is 0.881. The zero-order valence-electron chi connectivity index (χ0n) is 16.0. The Morgan fingerprint density at radius 2 is 2.07 bits per heavy atom. The molecule has 0 bridgehead atoms. The molecule has 0 fully saturated rings. The van der Waals surface area contributed by atoms with Gasteiger partial charge in [-0.2, -0.15) is 10.1 Å². The molecule has 3 aromatic heterocycles. The maximum Gasteiger partial charge on any atom is 0.244 e. The Kier molecular flexibility index (Phi) is 5.55. The SMILES string of the molecule is COc1ccc(-n2cccn2)cc1S(=O)(=O)NCCc1nc(-c2ccccn2)no1. The largest absolute Gasteiger partial charge is 0.495 e. The van der Waals surface area contributed by atoms with Crippen LogP contribution in [0.25, 0.3) is 17.2 Å². The Morgan fingerprint density at radius 3 is 2.80 bits per heavy atom. The third-order valence-corrected chi connectivity index (χ3v) is 5.68. The van der Waals surface area contributed by atoms with Crippen molar-refractivity contribution in [1.29, 1.82) is 0 Å². The van der Waals surface area contributed by atoms with E-state index in [-0.39, 0.29) is 23.6 Å². The van der Waals surface area contributed by atoms with Crippen LogP contribution < -0.4 is 9.46 Å². The lowest BCUT2D eigenvalue weighted by molar-refractivity contribution is 0.378. The zero-order valence-corrected chi connectivity index (χ0v) is 16.8. The molecule has 154 valence electrons. The summed E-state index contributed by atoms with van der Waals surface area (Å²) < 4.78 is 40.2. The number of sulfonamides is 1. The molecule has 0 spiro atoms. The average molecular weight is 426 g/mol. The zero-order chi connectivity index (χ0) is 21.0. The van der Waals surface area contributed by atoms with E-state index in [2.05, 4.69) is 24.9 Å². The van der Waals surface area contributed by atoms with Gasteiger partial charge < -0.3 is 9.26 Å². The molecule has 0 saturated heterocycles. The normalized spacial score (nSPS) is 11.5. The van der Waals surface area contributed by atoms with Gasteiger partial charge in [0.05, 0.1) is 12.8 Å². The quantitative estimate of drug-likeness (QED) is 0.452. The van der Waals surface area contributed by atoms with E-state index in [4.69, 9.17) is 9.26 Å². The molecule has 0 amide bonds. The molecule has 4 aromatic rings. The molecule has 10 nitrogen and oxygen atoms in total. The second kappa shape index (κ2) is 8.43. The Balaban J connectivity index is 1.47. The van der Waals surface area contributed by atoms with Gasteiger partial charge in [-0.15, -0.1) is 0 Å². The average Bonchev–Trinajstić information content (AvgIpc) is 3.46. The van der Waals surface area contributed by atoms with E-state index >= 15 is 0 Å². The second-order valence-electron chi connectivity index (χ2n) is 6.16. The topological polar surface area (TPSA) is 125 Å². The number of ether oxygens (including phenoxy) is 1. The highest BCUT2D eigenvalue weighted by atomic mass is 32.2. The number of methoxy groups -OCH3 is 1. The number of hydrogen-bond donors (Lipinski definition) is 1. The fourth-order valence-corrected chi connectivity index (χ4v) is 3.98. The number of rotatable bonds is 8. The first-order chi connectivity index (χ1) is 14.6. The molecule has 0 aliphatic carbocycles. The predicted molar refractivity (Wildman–Crippen MR) is 107 cm³/mol.